The molecular formula is C19H19N3O2S. The van der Waals surface area contributed by atoms with Gasteiger partial charge in [0.15, 0.2) is 0 Å². The number of fused-ring (bicyclic) bond motifs is 1. The largest absolute Gasteiger partial charge is 0.390 e. The van der Waals surface area contributed by atoms with Crippen LogP contribution in [0.1, 0.15) is 32.9 Å². The molecule has 1 aromatic carbocycles. The normalized spacial score (nSPS) is 13.7. The lowest BCUT2D eigenvalue weighted by Crippen LogP contribution is -2.36. The highest BCUT2D eigenvalue weighted by atomic mass is 32.1. The van der Waals surface area contributed by atoms with Gasteiger partial charge in [0.25, 0.3) is 5.91 Å². The number of aliphatic hydroxyl groups is 1. The van der Waals surface area contributed by atoms with Gasteiger partial charge in [0.05, 0.1) is 24.4 Å². The van der Waals surface area contributed by atoms with Crippen LogP contribution in [-0.4, -0.2) is 32.2 Å². The molecule has 5 nitrogen and oxygen atoms in total. The van der Waals surface area contributed by atoms with Crippen molar-refractivity contribution in [3.05, 3.63) is 75.2 Å². The van der Waals surface area contributed by atoms with Gasteiger partial charge in [0.1, 0.15) is 0 Å². The molecule has 128 valence electrons. The summed E-state index contributed by atoms with van der Waals surface area (Å²) in [6, 6.07) is 12.0. The molecule has 0 unspecified atom stereocenters. The van der Waals surface area contributed by atoms with E-state index in [0.29, 0.717) is 25.3 Å². The SMILES string of the molecule is O=C(c1ccsc1)N1CCc2c(c(CO)nn2Cc2ccccc2)C1. The fourth-order valence-corrected chi connectivity index (χ4v) is 3.95. The summed E-state index contributed by atoms with van der Waals surface area (Å²) in [5.41, 5.74) is 4.70. The van der Waals surface area contributed by atoms with Crippen LogP contribution in [0.3, 0.4) is 0 Å². The summed E-state index contributed by atoms with van der Waals surface area (Å²) in [6.07, 6.45) is 0.755. The number of thiophene rings is 1. The molecule has 3 heterocycles. The number of aliphatic hydroxyl groups excluding tert-OH is 1. The predicted octanol–water partition coefficient (Wildman–Crippen LogP) is 2.68. The molecule has 6 heteroatoms. The second-order valence-corrected chi connectivity index (χ2v) is 6.94. The van der Waals surface area contributed by atoms with Gasteiger partial charge < -0.3 is 10.0 Å². The molecule has 25 heavy (non-hydrogen) atoms. The number of hydrogen-bond acceptors (Lipinski definition) is 4. The van der Waals surface area contributed by atoms with Crippen LogP contribution in [0.15, 0.2) is 47.2 Å². The molecule has 1 aliphatic rings. The number of nitrogens with zero attached hydrogens (tertiary/aromatic N) is 3. The van der Waals surface area contributed by atoms with Gasteiger partial charge in [-0.05, 0) is 17.0 Å². The van der Waals surface area contributed by atoms with Crippen molar-refractivity contribution in [3.8, 4) is 0 Å². The smallest absolute Gasteiger partial charge is 0.255 e. The summed E-state index contributed by atoms with van der Waals surface area (Å²) in [4.78, 5) is 14.5. The highest BCUT2D eigenvalue weighted by molar-refractivity contribution is 7.08. The Bertz CT molecular complexity index is 872. The van der Waals surface area contributed by atoms with Crippen molar-refractivity contribution < 1.29 is 9.90 Å². The quantitative estimate of drug-likeness (QED) is 0.784. The van der Waals surface area contributed by atoms with Crippen LogP contribution >= 0.6 is 11.3 Å². The Morgan fingerprint density at radius 2 is 2.08 bits per heavy atom. The van der Waals surface area contributed by atoms with E-state index in [-0.39, 0.29) is 12.5 Å². The molecule has 1 aliphatic heterocycles. The molecule has 4 rings (SSSR count). The van der Waals surface area contributed by atoms with Crippen LogP contribution in [0.25, 0.3) is 0 Å². The standard InChI is InChI=1S/C19H19N3O2S/c23-12-17-16-11-21(19(24)15-7-9-25-13-15)8-6-18(16)22(20-17)10-14-4-2-1-3-5-14/h1-5,7,9,13,23H,6,8,10-12H2. The van der Waals surface area contributed by atoms with Crippen LogP contribution in [0, 0.1) is 0 Å². The van der Waals surface area contributed by atoms with Gasteiger partial charge >= 0.3 is 0 Å². The second kappa shape index (κ2) is 6.82. The molecule has 0 spiro atoms. The van der Waals surface area contributed by atoms with Crippen molar-refractivity contribution in [1.29, 1.82) is 0 Å². The number of amides is 1. The second-order valence-electron chi connectivity index (χ2n) is 6.16. The third kappa shape index (κ3) is 3.10. The monoisotopic (exact) mass is 353 g/mol. The Morgan fingerprint density at radius 3 is 2.80 bits per heavy atom. The molecular weight excluding hydrogens is 334 g/mol. The fraction of sp³-hybridized carbons (Fsp3) is 0.263. The van der Waals surface area contributed by atoms with Crippen molar-refractivity contribution in [1.82, 2.24) is 14.7 Å². The Morgan fingerprint density at radius 1 is 1.24 bits per heavy atom. The summed E-state index contributed by atoms with van der Waals surface area (Å²) in [5, 5.41) is 18.1. The maximum Gasteiger partial charge on any atom is 0.255 e. The Labute approximate surface area is 150 Å². The first-order chi connectivity index (χ1) is 12.3. The van der Waals surface area contributed by atoms with E-state index in [9.17, 15) is 9.90 Å². The lowest BCUT2D eigenvalue weighted by molar-refractivity contribution is 0.0732. The van der Waals surface area contributed by atoms with Gasteiger partial charge in [-0.25, -0.2) is 0 Å². The minimum Gasteiger partial charge on any atom is -0.390 e. The lowest BCUT2D eigenvalue weighted by Gasteiger charge is -2.27. The Hall–Kier alpha value is -2.44. The molecule has 0 radical (unpaired) electrons. The van der Waals surface area contributed by atoms with Crippen molar-refractivity contribution >= 4 is 17.2 Å². The number of rotatable bonds is 4. The Kier molecular flexibility index (Phi) is 4.38. The topological polar surface area (TPSA) is 58.4 Å². The minimum absolute atomic E-state index is 0.0478. The van der Waals surface area contributed by atoms with Gasteiger partial charge in [-0.3, -0.25) is 9.48 Å². The lowest BCUT2D eigenvalue weighted by atomic mass is 10.0. The van der Waals surface area contributed by atoms with Crippen molar-refractivity contribution in [3.63, 3.8) is 0 Å². The zero-order valence-corrected chi connectivity index (χ0v) is 14.6. The third-order valence-electron chi connectivity index (χ3n) is 4.60. The predicted molar refractivity (Wildman–Crippen MR) is 96.5 cm³/mol. The zero-order valence-electron chi connectivity index (χ0n) is 13.8. The van der Waals surface area contributed by atoms with Gasteiger partial charge in [-0.2, -0.15) is 16.4 Å². The van der Waals surface area contributed by atoms with Crippen LogP contribution in [-0.2, 0) is 26.1 Å². The summed E-state index contributed by atoms with van der Waals surface area (Å²) >= 11 is 1.53. The molecule has 3 aromatic rings. The third-order valence-corrected chi connectivity index (χ3v) is 5.28. The highest BCUT2D eigenvalue weighted by Gasteiger charge is 2.27. The molecule has 1 N–H and O–H groups in total. The van der Waals surface area contributed by atoms with E-state index < -0.39 is 0 Å². The van der Waals surface area contributed by atoms with Gasteiger partial charge in [0, 0.05) is 36.1 Å². The maximum atomic E-state index is 12.6. The first-order valence-corrected chi connectivity index (χ1v) is 9.24. The van der Waals surface area contributed by atoms with E-state index >= 15 is 0 Å². The van der Waals surface area contributed by atoms with Crippen LogP contribution in [0.5, 0.6) is 0 Å². The molecule has 0 saturated heterocycles. The number of aromatic nitrogens is 2. The number of carbonyl (C=O) groups is 1. The van der Waals surface area contributed by atoms with Crippen LogP contribution in [0.4, 0.5) is 0 Å². The average Bonchev–Trinajstić information content (AvgIpc) is 3.30. The highest BCUT2D eigenvalue weighted by Crippen LogP contribution is 2.25. The van der Waals surface area contributed by atoms with E-state index in [0.717, 1.165) is 23.2 Å². The summed E-state index contributed by atoms with van der Waals surface area (Å²) < 4.78 is 1.97. The van der Waals surface area contributed by atoms with Crippen molar-refractivity contribution in [2.24, 2.45) is 0 Å². The van der Waals surface area contributed by atoms with E-state index in [1.54, 1.807) is 0 Å². The summed E-state index contributed by atoms with van der Waals surface area (Å²) in [6.45, 7) is 1.76. The van der Waals surface area contributed by atoms with Gasteiger partial charge in [-0.15, -0.1) is 0 Å². The van der Waals surface area contributed by atoms with E-state index in [2.05, 4.69) is 17.2 Å². The summed E-state index contributed by atoms with van der Waals surface area (Å²) in [5.74, 6) is 0.0478. The number of hydrogen-bond donors (Lipinski definition) is 1. The van der Waals surface area contributed by atoms with Gasteiger partial charge in [0.2, 0.25) is 0 Å². The first-order valence-electron chi connectivity index (χ1n) is 8.30. The zero-order chi connectivity index (χ0) is 17.2. The average molecular weight is 353 g/mol. The minimum atomic E-state index is -0.107. The first kappa shape index (κ1) is 16.1. The molecule has 0 fully saturated rings. The van der Waals surface area contributed by atoms with E-state index in [4.69, 9.17) is 0 Å². The number of benzene rings is 1. The van der Waals surface area contributed by atoms with Crippen LogP contribution in [0.2, 0.25) is 0 Å². The fourth-order valence-electron chi connectivity index (χ4n) is 3.32. The molecule has 2 aromatic heterocycles. The van der Waals surface area contributed by atoms with Crippen molar-refractivity contribution in [2.45, 2.75) is 26.1 Å². The van der Waals surface area contributed by atoms with E-state index in [1.165, 1.54) is 16.9 Å². The molecule has 0 atom stereocenters. The molecule has 0 aliphatic carbocycles. The number of carbonyl (C=O) groups excluding carboxylic acids is 1. The van der Waals surface area contributed by atoms with Gasteiger partial charge in [-0.1, -0.05) is 30.3 Å². The molecule has 0 bridgehead atoms. The Balaban J connectivity index is 1.61. The molecule has 1 amide bonds. The molecule has 0 saturated carbocycles. The van der Waals surface area contributed by atoms with Crippen molar-refractivity contribution in [2.75, 3.05) is 6.54 Å². The van der Waals surface area contributed by atoms with E-state index in [1.807, 2.05) is 44.6 Å². The summed E-state index contributed by atoms with van der Waals surface area (Å²) in [7, 11) is 0. The van der Waals surface area contributed by atoms with Crippen LogP contribution < -0.4 is 0 Å². The maximum absolute atomic E-state index is 12.6.